The molecule has 0 saturated carbocycles. The van der Waals surface area contributed by atoms with E-state index in [-0.39, 0.29) is 5.91 Å². The van der Waals surface area contributed by atoms with E-state index in [1.54, 1.807) is 23.6 Å². The van der Waals surface area contributed by atoms with Gasteiger partial charge in [0.15, 0.2) is 0 Å². The van der Waals surface area contributed by atoms with Crippen LogP contribution in [0.15, 0.2) is 60.0 Å². The number of rotatable bonds is 6. The number of carbonyl (C=O) groups excluding carboxylic acids is 1. The van der Waals surface area contributed by atoms with Gasteiger partial charge in [-0.25, -0.2) is 10.2 Å². The second-order valence-electron chi connectivity index (χ2n) is 8.70. The summed E-state index contributed by atoms with van der Waals surface area (Å²) in [6.07, 6.45) is 9.33. The summed E-state index contributed by atoms with van der Waals surface area (Å²) in [5.74, 6) is -1.18. The third-order valence-electron chi connectivity index (χ3n) is 6.42. The highest BCUT2D eigenvalue weighted by molar-refractivity contribution is 7.15. The first-order valence-corrected chi connectivity index (χ1v) is 12.4. The monoisotopic (exact) mass is 486 g/mol. The fourth-order valence-electron chi connectivity index (χ4n) is 4.70. The predicted molar refractivity (Wildman–Crippen MR) is 138 cm³/mol. The van der Waals surface area contributed by atoms with Crippen molar-refractivity contribution in [3.05, 3.63) is 93.4 Å². The second kappa shape index (κ2) is 9.38. The lowest BCUT2D eigenvalue weighted by molar-refractivity contribution is 0.0695. The van der Waals surface area contributed by atoms with Crippen LogP contribution in [0.2, 0.25) is 0 Å². The number of thiophene rings is 1. The van der Waals surface area contributed by atoms with Crippen molar-refractivity contribution in [1.29, 1.82) is 0 Å². The van der Waals surface area contributed by atoms with Gasteiger partial charge in [0.25, 0.3) is 5.91 Å². The number of amides is 1. The first-order valence-electron chi connectivity index (χ1n) is 11.6. The zero-order valence-electron chi connectivity index (χ0n) is 19.6. The normalized spacial score (nSPS) is 13.2. The Morgan fingerprint density at radius 3 is 2.63 bits per heavy atom. The van der Waals surface area contributed by atoms with Crippen molar-refractivity contribution in [2.24, 2.45) is 5.10 Å². The molecule has 0 bridgehead atoms. The van der Waals surface area contributed by atoms with Crippen molar-refractivity contribution < 1.29 is 14.7 Å². The lowest BCUT2D eigenvalue weighted by atomic mass is 9.95. The summed E-state index contributed by atoms with van der Waals surface area (Å²) in [4.78, 5) is 26.0. The van der Waals surface area contributed by atoms with Crippen LogP contribution in [-0.2, 0) is 12.8 Å². The minimum atomic E-state index is -0.878. The van der Waals surface area contributed by atoms with E-state index < -0.39 is 5.97 Å². The molecule has 8 heteroatoms. The number of nitrogens with one attached hydrogen (secondary N) is 1. The first kappa shape index (κ1) is 22.9. The van der Waals surface area contributed by atoms with Gasteiger partial charge in [0, 0.05) is 45.5 Å². The van der Waals surface area contributed by atoms with E-state index in [9.17, 15) is 14.7 Å². The zero-order valence-corrected chi connectivity index (χ0v) is 20.4. The van der Waals surface area contributed by atoms with E-state index >= 15 is 0 Å². The minimum Gasteiger partial charge on any atom is -0.478 e. The number of benzene rings is 1. The average Bonchev–Trinajstić information content (AvgIpc) is 3.57. The van der Waals surface area contributed by atoms with Gasteiger partial charge >= 0.3 is 5.97 Å². The van der Waals surface area contributed by atoms with Crippen LogP contribution < -0.4 is 5.43 Å². The molecule has 3 aromatic heterocycles. The van der Waals surface area contributed by atoms with E-state index in [1.807, 2.05) is 71.8 Å². The highest BCUT2D eigenvalue weighted by atomic mass is 32.1. The molecule has 0 spiro atoms. The van der Waals surface area contributed by atoms with Crippen molar-refractivity contribution in [2.45, 2.75) is 39.5 Å². The van der Waals surface area contributed by atoms with Crippen LogP contribution >= 0.6 is 11.3 Å². The van der Waals surface area contributed by atoms with E-state index in [0.717, 1.165) is 58.9 Å². The average molecular weight is 487 g/mol. The maximum Gasteiger partial charge on any atom is 0.339 e. The number of carboxylic acids is 1. The Hall–Kier alpha value is -3.91. The van der Waals surface area contributed by atoms with Gasteiger partial charge in [0.2, 0.25) is 0 Å². The maximum absolute atomic E-state index is 12.7. The summed E-state index contributed by atoms with van der Waals surface area (Å²) in [6.45, 7) is 3.90. The Morgan fingerprint density at radius 2 is 1.86 bits per heavy atom. The fourth-order valence-corrected chi connectivity index (χ4v) is 6.19. The number of aromatic nitrogens is 2. The standard InChI is InChI=1S/C27H26N4O3S/c1-17-14-20(16-28-29-25(32)19-8-7-9-21(15-19)30-12-5-6-13-30)18(2)31(17)26-24(27(33)34)22-10-3-4-11-23(22)35-26/h5-9,12-16H,3-4,10-11H2,1-2H3,(H,29,32)(H,33,34)/b28-16+. The van der Waals surface area contributed by atoms with Gasteiger partial charge in [-0.3, -0.25) is 4.79 Å². The second-order valence-corrected chi connectivity index (χ2v) is 9.78. The topological polar surface area (TPSA) is 88.6 Å². The van der Waals surface area contributed by atoms with Crippen LogP contribution in [-0.4, -0.2) is 32.3 Å². The zero-order chi connectivity index (χ0) is 24.5. The van der Waals surface area contributed by atoms with Gasteiger partial charge in [0.1, 0.15) is 5.00 Å². The van der Waals surface area contributed by atoms with Crippen LogP contribution in [0.1, 0.15) is 60.9 Å². The van der Waals surface area contributed by atoms with Gasteiger partial charge in [0.05, 0.1) is 11.8 Å². The minimum absolute atomic E-state index is 0.303. The summed E-state index contributed by atoms with van der Waals surface area (Å²) in [6, 6.07) is 13.1. The largest absolute Gasteiger partial charge is 0.478 e. The van der Waals surface area contributed by atoms with Crippen molar-refractivity contribution in [3.63, 3.8) is 0 Å². The highest BCUT2D eigenvalue weighted by Crippen LogP contribution is 2.38. The van der Waals surface area contributed by atoms with Crippen LogP contribution in [0.5, 0.6) is 0 Å². The molecule has 0 unspecified atom stereocenters. The Labute approximate surface area is 207 Å². The number of nitrogens with zero attached hydrogens (tertiary/aromatic N) is 3. The van der Waals surface area contributed by atoms with E-state index in [0.29, 0.717) is 11.1 Å². The number of aromatic carboxylic acids is 1. The van der Waals surface area contributed by atoms with Crippen LogP contribution in [0.4, 0.5) is 0 Å². The summed E-state index contributed by atoms with van der Waals surface area (Å²) in [7, 11) is 0. The summed E-state index contributed by atoms with van der Waals surface area (Å²) in [5.41, 5.74) is 8.05. The molecule has 1 amide bonds. The Kier molecular flexibility index (Phi) is 6.13. The quantitative estimate of drug-likeness (QED) is 0.287. The van der Waals surface area contributed by atoms with Crippen molar-refractivity contribution in [1.82, 2.24) is 14.6 Å². The number of aryl methyl sites for hydroxylation is 2. The number of carbonyl (C=O) groups is 2. The molecule has 7 nitrogen and oxygen atoms in total. The predicted octanol–water partition coefficient (Wildman–Crippen LogP) is 5.29. The highest BCUT2D eigenvalue weighted by Gasteiger charge is 2.27. The van der Waals surface area contributed by atoms with Crippen molar-refractivity contribution >= 4 is 29.4 Å². The number of hydrogen-bond acceptors (Lipinski definition) is 4. The van der Waals surface area contributed by atoms with Gasteiger partial charge in [-0.2, -0.15) is 5.10 Å². The molecule has 0 atom stereocenters. The Morgan fingerprint density at radius 1 is 1.09 bits per heavy atom. The van der Waals surface area contributed by atoms with Gasteiger partial charge in [-0.1, -0.05) is 6.07 Å². The fraction of sp³-hybridized carbons (Fsp3) is 0.222. The molecular formula is C27H26N4O3S. The maximum atomic E-state index is 12.7. The molecule has 1 aliphatic rings. The molecule has 0 saturated heterocycles. The molecule has 35 heavy (non-hydrogen) atoms. The van der Waals surface area contributed by atoms with E-state index in [4.69, 9.17) is 0 Å². The molecule has 178 valence electrons. The molecule has 4 aromatic rings. The molecule has 0 radical (unpaired) electrons. The van der Waals surface area contributed by atoms with Crippen molar-refractivity contribution in [3.8, 4) is 10.7 Å². The number of hydrazone groups is 1. The third kappa shape index (κ3) is 4.33. The third-order valence-corrected chi connectivity index (χ3v) is 7.70. The lowest BCUT2D eigenvalue weighted by Gasteiger charge is -2.11. The number of carboxylic acid groups (broad SMARTS) is 1. The van der Waals surface area contributed by atoms with Crippen LogP contribution in [0.3, 0.4) is 0 Å². The number of hydrogen-bond donors (Lipinski definition) is 2. The molecule has 3 heterocycles. The summed E-state index contributed by atoms with van der Waals surface area (Å²) < 4.78 is 3.93. The molecule has 0 aliphatic heterocycles. The lowest BCUT2D eigenvalue weighted by Crippen LogP contribution is -2.17. The SMILES string of the molecule is Cc1cc(/C=N/NC(=O)c2cccc(-n3cccc3)c2)c(C)n1-c1sc2c(c1C(=O)O)CCCC2. The van der Waals surface area contributed by atoms with Crippen LogP contribution in [0.25, 0.3) is 10.7 Å². The number of fused-ring (bicyclic) bond motifs is 1. The van der Waals surface area contributed by atoms with Gasteiger partial charge in [-0.15, -0.1) is 11.3 Å². The molecule has 1 aromatic carbocycles. The van der Waals surface area contributed by atoms with Gasteiger partial charge < -0.3 is 14.2 Å². The Balaban J connectivity index is 1.39. The molecule has 1 aliphatic carbocycles. The van der Waals surface area contributed by atoms with Gasteiger partial charge in [-0.05, 0) is 81.5 Å². The molecular weight excluding hydrogens is 460 g/mol. The summed E-state index contributed by atoms with van der Waals surface area (Å²) in [5, 5.41) is 14.9. The molecule has 0 fully saturated rings. The molecule has 5 rings (SSSR count). The smallest absolute Gasteiger partial charge is 0.339 e. The molecule has 2 N–H and O–H groups in total. The van der Waals surface area contributed by atoms with Crippen LogP contribution in [0, 0.1) is 13.8 Å². The summed E-state index contributed by atoms with van der Waals surface area (Å²) >= 11 is 1.58. The van der Waals surface area contributed by atoms with E-state index in [2.05, 4.69) is 10.5 Å². The van der Waals surface area contributed by atoms with E-state index in [1.165, 1.54) is 4.88 Å². The Bertz CT molecular complexity index is 1440. The first-order chi connectivity index (χ1) is 16.9. The van der Waals surface area contributed by atoms with Crippen molar-refractivity contribution in [2.75, 3.05) is 0 Å².